The van der Waals surface area contributed by atoms with E-state index in [4.69, 9.17) is 8.85 Å². The van der Waals surface area contributed by atoms with Crippen molar-refractivity contribution in [2.24, 2.45) is 0 Å². The van der Waals surface area contributed by atoms with Crippen LogP contribution in [0, 0.1) is 11.6 Å². The van der Waals surface area contributed by atoms with Gasteiger partial charge >= 0.3 is 8.56 Å². The van der Waals surface area contributed by atoms with E-state index in [0.717, 1.165) is 18.5 Å². The van der Waals surface area contributed by atoms with Crippen LogP contribution in [0.5, 0.6) is 0 Å². The average molecular weight is 288 g/mol. The van der Waals surface area contributed by atoms with Crippen LogP contribution in [0.4, 0.5) is 8.78 Å². The van der Waals surface area contributed by atoms with E-state index in [1.54, 1.807) is 0 Å². The summed E-state index contributed by atoms with van der Waals surface area (Å²) in [5.74, 6) is -1.01. The van der Waals surface area contributed by atoms with Crippen LogP contribution in [0.15, 0.2) is 18.2 Å². The summed E-state index contributed by atoms with van der Waals surface area (Å²) in [7, 11) is -2.13. The van der Waals surface area contributed by atoms with Crippen LogP contribution in [0.25, 0.3) is 0 Å². The van der Waals surface area contributed by atoms with E-state index >= 15 is 0 Å². The molecular formula is C14H22F2O2Si. The fourth-order valence-electron chi connectivity index (χ4n) is 2.12. The Hall–Kier alpha value is -0.783. The first-order valence-electron chi connectivity index (χ1n) is 6.72. The summed E-state index contributed by atoms with van der Waals surface area (Å²) in [5.41, 5.74) is 0.547. The largest absolute Gasteiger partial charge is 0.395 e. The van der Waals surface area contributed by atoms with Crippen molar-refractivity contribution in [3.63, 3.8) is 0 Å². The predicted molar refractivity (Wildman–Crippen MR) is 74.4 cm³/mol. The molecule has 2 nitrogen and oxygen atoms in total. The van der Waals surface area contributed by atoms with Gasteiger partial charge in [-0.2, -0.15) is 0 Å². The molecule has 0 aliphatic heterocycles. The summed E-state index contributed by atoms with van der Waals surface area (Å²) in [6.45, 7) is 7.19. The highest BCUT2D eigenvalue weighted by Gasteiger charge is 2.29. The van der Waals surface area contributed by atoms with Crippen molar-refractivity contribution in [3.05, 3.63) is 35.4 Å². The molecule has 0 atom stereocenters. The van der Waals surface area contributed by atoms with Crippen LogP contribution < -0.4 is 0 Å². The summed E-state index contributed by atoms with van der Waals surface area (Å²) >= 11 is 0. The Bertz CT molecular complexity index is 393. The summed E-state index contributed by atoms with van der Waals surface area (Å²) < 4.78 is 37.7. The average Bonchev–Trinajstić information content (AvgIpc) is 2.32. The second-order valence-corrected chi connectivity index (χ2v) is 7.93. The Balaban J connectivity index is 2.51. The number of rotatable bonds is 8. The lowest BCUT2D eigenvalue weighted by atomic mass is 10.1. The van der Waals surface area contributed by atoms with E-state index < -0.39 is 20.2 Å². The molecule has 0 saturated carbocycles. The van der Waals surface area contributed by atoms with Gasteiger partial charge in [0.2, 0.25) is 0 Å². The van der Waals surface area contributed by atoms with Crippen molar-refractivity contribution in [3.8, 4) is 0 Å². The van der Waals surface area contributed by atoms with Crippen LogP contribution in [-0.2, 0) is 15.3 Å². The number of hydrogen-bond donors (Lipinski definition) is 0. The normalized spacial score (nSPS) is 11.8. The molecule has 0 heterocycles. The first-order chi connectivity index (χ1) is 9.00. The molecule has 0 radical (unpaired) electrons. The molecule has 108 valence electrons. The van der Waals surface area contributed by atoms with Crippen LogP contribution in [0.3, 0.4) is 0 Å². The molecule has 0 bridgehead atoms. The topological polar surface area (TPSA) is 18.5 Å². The lowest BCUT2D eigenvalue weighted by Gasteiger charge is -2.25. The van der Waals surface area contributed by atoms with Gasteiger partial charge in [-0.1, -0.05) is 6.07 Å². The van der Waals surface area contributed by atoms with Gasteiger partial charge in [0.05, 0.1) is 0 Å². The standard InChI is InChI=1S/C14H22F2O2Si/c1-4-17-19(3,18-5-2)10-6-7-12-8-9-13(15)11-14(12)16/h8-9,11H,4-7,10H2,1-3H3. The molecule has 0 aliphatic carbocycles. The number of hydrogen-bond acceptors (Lipinski definition) is 2. The molecule has 0 aliphatic rings. The Kier molecular flexibility index (Phi) is 6.61. The summed E-state index contributed by atoms with van der Waals surface area (Å²) in [6.07, 6.45) is 1.36. The highest BCUT2D eigenvalue weighted by atomic mass is 28.4. The molecule has 0 unspecified atom stereocenters. The molecule has 0 N–H and O–H groups in total. The smallest absolute Gasteiger partial charge is 0.334 e. The lowest BCUT2D eigenvalue weighted by Crippen LogP contribution is -2.38. The van der Waals surface area contributed by atoms with Gasteiger partial charge in [0, 0.05) is 19.3 Å². The number of benzene rings is 1. The maximum absolute atomic E-state index is 13.5. The second kappa shape index (κ2) is 7.72. The van der Waals surface area contributed by atoms with Gasteiger partial charge in [0.1, 0.15) is 11.6 Å². The first kappa shape index (κ1) is 16.3. The van der Waals surface area contributed by atoms with E-state index in [0.29, 0.717) is 25.2 Å². The van der Waals surface area contributed by atoms with Crippen molar-refractivity contribution in [2.45, 2.75) is 39.3 Å². The van der Waals surface area contributed by atoms with Crippen LogP contribution in [0.1, 0.15) is 25.8 Å². The third kappa shape index (κ3) is 5.38. The molecule has 0 aromatic heterocycles. The SMILES string of the molecule is CCO[Si](C)(CCCc1ccc(F)cc1F)OCC. The van der Waals surface area contributed by atoms with Gasteiger partial charge in [-0.05, 0) is 50.9 Å². The fraction of sp³-hybridized carbons (Fsp3) is 0.571. The Labute approximate surface area is 115 Å². The van der Waals surface area contributed by atoms with Crippen molar-refractivity contribution in [2.75, 3.05) is 13.2 Å². The van der Waals surface area contributed by atoms with E-state index in [-0.39, 0.29) is 0 Å². The molecule has 1 rings (SSSR count). The Morgan fingerprint density at radius 2 is 1.74 bits per heavy atom. The van der Waals surface area contributed by atoms with Crippen molar-refractivity contribution >= 4 is 8.56 Å². The zero-order valence-corrected chi connectivity index (χ0v) is 12.8. The van der Waals surface area contributed by atoms with Crippen LogP contribution in [0.2, 0.25) is 12.6 Å². The van der Waals surface area contributed by atoms with Gasteiger partial charge < -0.3 is 8.85 Å². The molecular weight excluding hydrogens is 266 g/mol. The monoisotopic (exact) mass is 288 g/mol. The highest BCUT2D eigenvalue weighted by molar-refractivity contribution is 6.66. The van der Waals surface area contributed by atoms with E-state index in [1.165, 1.54) is 12.1 Å². The van der Waals surface area contributed by atoms with E-state index in [9.17, 15) is 8.78 Å². The Morgan fingerprint density at radius 3 is 2.26 bits per heavy atom. The van der Waals surface area contributed by atoms with Gasteiger partial charge in [-0.15, -0.1) is 0 Å². The highest BCUT2D eigenvalue weighted by Crippen LogP contribution is 2.19. The van der Waals surface area contributed by atoms with Gasteiger partial charge in [0.15, 0.2) is 0 Å². The van der Waals surface area contributed by atoms with Crippen molar-refractivity contribution < 1.29 is 17.6 Å². The first-order valence-corrected chi connectivity index (χ1v) is 9.25. The molecule has 0 fully saturated rings. The maximum atomic E-state index is 13.5. The molecule has 0 amide bonds. The van der Waals surface area contributed by atoms with Crippen LogP contribution in [-0.4, -0.2) is 21.8 Å². The number of halogens is 2. The van der Waals surface area contributed by atoms with Crippen molar-refractivity contribution in [1.29, 1.82) is 0 Å². The number of aryl methyl sites for hydroxylation is 1. The van der Waals surface area contributed by atoms with Crippen LogP contribution >= 0.6 is 0 Å². The minimum absolute atomic E-state index is 0.476. The van der Waals surface area contributed by atoms with Gasteiger partial charge in [-0.3, -0.25) is 0 Å². The third-order valence-electron chi connectivity index (χ3n) is 2.99. The quantitative estimate of drug-likeness (QED) is 0.672. The third-order valence-corrected chi connectivity index (χ3v) is 6.05. The zero-order valence-electron chi connectivity index (χ0n) is 11.8. The minimum Gasteiger partial charge on any atom is -0.395 e. The summed E-state index contributed by atoms with van der Waals surface area (Å²) in [6, 6.07) is 4.54. The molecule has 19 heavy (non-hydrogen) atoms. The predicted octanol–water partition coefficient (Wildman–Crippen LogP) is 4.04. The summed E-state index contributed by atoms with van der Waals surface area (Å²) in [5, 5.41) is 0. The molecule has 1 aromatic carbocycles. The second-order valence-electron chi connectivity index (χ2n) is 4.59. The Morgan fingerprint density at radius 1 is 1.11 bits per heavy atom. The van der Waals surface area contributed by atoms with E-state index in [1.807, 2.05) is 20.4 Å². The lowest BCUT2D eigenvalue weighted by molar-refractivity contribution is 0.188. The van der Waals surface area contributed by atoms with E-state index in [2.05, 4.69) is 0 Å². The minimum atomic E-state index is -2.13. The fourth-order valence-corrected chi connectivity index (χ4v) is 4.53. The van der Waals surface area contributed by atoms with Crippen molar-refractivity contribution in [1.82, 2.24) is 0 Å². The molecule has 1 aromatic rings. The molecule has 0 saturated heterocycles. The van der Waals surface area contributed by atoms with Gasteiger partial charge in [-0.25, -0.2) is 8.78 Å². The molecule has 5 heteroatoms. The zero-order chi connectivity index (χ0) is 14.3. The van der Waals surface area contributed by atoms with Gasteiger partial charge in [0.25, 0.3) is 0 Å². The summed E-state index contributed by atoms with van der Waals surface area (Å²) in [4.78, 5) is 0. The maximum Gasteiger partial charge on any atom is 0.334 e. The molecule has 0 spiro atoms.